The molecule has 3 heterocycles. The van der Waals surface area contributed by atoms with Crippen LogP contribution in [-0.4, -0.2) is 58.6 Å². The monoisotopic (exact) mass is 613 g/mol. The average molecular weight is 614 g/mol. The highest BCUT2D eigenvalue weighted by Gasteiger charge is 2.34. The van der Waals surface area contributed by atoms with Crippen molar-refractivity contribution >= 4 is 17.8 Å². The van der Waals surface area contributed by atoms with Crippen molar-refractivity contribution in [1.29, 1.82) is 5.26 Å². The van der Waals surface area contributed by atoms with Gasteiger partial charge in [-0.15, -0.1) is 0 Å². The number of aromatic nitrogens is 4. The highest BCUT2D eigenvalue weighted by molar-refractivity contribution is 5.94. The molecule has 2 aliphatic rings. The Hall–Kier alpha value is -4.46. The minimum Gasteiger partial charge on any atom is -0.494 e. The minimum absolute atomic E-state index is 0.0773. The minimum atomic E-state index is -0.433. The van der Waals surface area contributed by atoms with Crippen molar-refractivity contribution < 1.29 is 19.1 Å². The Labute approximate surface area is 264 Å². The van der Waals surface area contributed by atoms with E-state index < -0.39 is 6.09 Å². The van der Waals surface area contributed by atoms with Gasteiger partial charge < -0.3 is 14.8 Å². The van der Waals surface area contributed by atoms with Crippen molar-refractivity contribution in [1.82, 2.24) is 25.1 Å². The largest absolute Gasteiger partial charge is 0.494 e. The predicted molar refractivity (Wildman–Crippen MR) is 170 cm³/mol. The van der Waals surface area contributed by atoms with Crippen LogP contribution in [0.1, 0.15) is 88.6 Å². The van der Waals surface area contributed by atoms with Crippen molar-refractivity contribution in [3.05, 3.63) is 54.2 Å². The maximum absolute atomic E-state index is 14.2. The first kappa shape index (κ1) is 31.9. The molecule has 0 radical (unpaired) electrons. The molecule has 2 saturated carbocycles. The summed E-state index contributed by atoms with van der Waals surface area (Å²) in [6, 6.07) is 10.1. The van der Waals surface area contributed by atoms with Crippen LogP contribution in [-0.2, 0) is 9.53 Å². The van der Waals surface area contributed by atoms with E-state index in [1.807, 2.05) is 46.2 Å². The lowest BCUT2D eigenvalue weighted by molar-refractivity contribution is -0.124. The van der Waals surface area contributed by atoms with Crippen LogP contribution in [0.2, 0.25) is 0 Å². The first-order valence-corrected chi connectivity index (χ1v) is 15.9. The van der Waals surface area contributed by atoms with Crippen molar-refractivity contribution in [2.45, 2.75) is 83.3 Å². The number of methoxy groups -OCH3 is 1. The Morgan fingerprint density at radius 2 is 1.84 bits per heavy atom. The molecule has 238 valence electrons. The fourth-order valence-corrected chi connectivity index (χ4v) is 6.50. The number of rotatable bonds is 9. The number of carbonyl (C=O) groups excluding carboxylic acids is 2. The van der Waals surface area contributed by atoms with E-state index in [9.17, 15) is 14.9 Å². The van der Waals surface area contributed by atoms with Crippen molar-refractivity contribution in [2.75, 3.05) is 25.6 Å². The maximum Gasteiger partial charge on any atom is 0.407 e. The second kappa shape index (κ2) is 14.5. The lowest BCUT2D eigenvalue weighted by Gasteiger charge is -2.35. The van der Waals surface area contributed by atoms with E-state index in [4.69, 9.17) is 14.5 Å². The third kappa shape index (κ3) is 7.62. The van der Waals surface area contributed by atoms with E-state index in [-0.39, 0.29) is 29.9 Å². The van der Waals surface area contributed by atoms with E-state index in [2.05, 4.69) is 35.3 Å². The van der Waals surface area contributed by atoms with E-state index in [0.717, 1.165) is 42.5 Å². The van der Waals surface area contributed by atoms with Crippen LogP contribution in [0.5, 0.6) is 5.75 Å². The second-order valence-electron chi connectivity index (χ2n) is 12.4. The first-order chi connectivity index (χ1) is 21.8. The zero-order valence-corrected chi connectivity index (χ0v) is 26.6. The van der Waals surface area contributed by atoms with E-state index in [0.29, 0.717) is 55.4 Å². The van der Waals surface area contributed by atoms with Gasteiger partial charge in [-0.25, -0.2) is 14.8 Å². The molecular formula is C34H43N7O4. The van der Waals surface area contributed by atoms with Crippen LogP contribution < -0.4 is 15.0 Å². The average Bonchev–Trinajstić information content (AvgIpc) is 3.58. The SMILES string of the molecule is CNC(=O)O[C@H]1CC[C@H](C(=O)N(C[C@H]2CC[C@H](c3ccc(OC)c(C#N)n3)CC2)c2cc(-c3cnn(C(C)C)c3)ccn2)CC1. The Kier molecular flexibility index (Phi) is 10.3. The highest BCUT2D eigenvalue weighted by Crippen LogP contribution is 2.38. The van der Waals surface area contributed by atoms with Crippen LogP contribution in [0.4, 0.5) is 10.6 Å². The fourth-order valence-electron chi connectivity index (χ4n) is 6.50. The molecule has 11 nitrogen and oxygen atoms in total. The van der Waals surface area contributed by atoms with Gasteiger partial charge >= 0.3 is 6.09 Å². The van der Waals surface area contributed by atoms with Crippen molar-refractivity contribution in [3.8, 4) is 22.9 Å². The smallest absolute Gasteiger partial charge is 0.407 e. The van der Waals surface area contributed by atoms with Gasteiger partial charge in [0, 0.05) is 55.1 Å². The first-order valence-electron chi connectivity index (χ1n) is 15.9. The Balaban J connectivity index is 1.32. The molecule has 5 rings (SSSR count). The van der Waals surface area contributed by atoms with Crippen LogP contribution >= 0.6 is 0 Å². The summed E-state index contributed by atoms with van der Waals surface area (Å²) in [5.74, 6) is 1.63. The summed E-state index contributed by atoms with van der Waals surface area (Å²) in [6.07, 6.45) is 11.4. The van der Waals surface area contributed by atoms with Gasteiger partial charge in [-0.05, 0) is 101 Å². The van der Waals surface area contributed by atoms with E-state index >= 15 is 0 Å². The van der Waals surface area contributed by atoms with Crippen LogP contribution in [0.15, 0.2) is 42.9 Å². The number of amides is 2. The summed E-state index contributed by atoms with van der Waals surface area (Å²) in [6.45, 7) is 4.76. The molecule has 0 bridgehead atoms. The van der Waals surface area contributed by atoms with E-state index in [1.165, 1.54) is 0 Å². The summed E-state index contributed by atoms with van der Waals surface area (Å²) in [4.78, 5) is 37.1. The molecular weight excluding hydrogens is 570 g/mol. The molecule has 1 N–H and O–H groups in total. The molecule has 3 aromatic rings. The summed E-state index contributed by atoms with van der Waals surface area (Å²) in [5, 5.41) is 16.5. The van der Waals surface area contributed by atoms with Gasteiger partial charge in [0.05, 0.1) is 13.3 Å². The summed E-state index contributed by atoms with van der Waals surface area (Å²) in [7, 11) is 3.10. The summed E-state index contributed by atoms with van der Waals surface area (Å²) in [5.41, 5.74) is 3.19. The van der Waals surface area contributed by atoms with Gasteiger partial charge in [0.25, 0.3) is 0 Å². The fraction of sp³-hybridized carbons (Fsp3) is 0.529. The highest BCUT2D eigenvalue weighted by atomic mass is 16.6. The molecule has 0 unspecified atom stereocenters. The molecule has 2 fully saturated rings. The Bertz CT molecular complexity index is 1510. The number of ether oxygens (including phenoxy) is 2. The number of nitrogens with one attached hydrogen (secondary N) is 1. The van der Waals surface area contributed by atoms with Gasteiger partial charge in [0.1, 0.15) is 18.0 Å². The van der Waals surface area contributed by atoms with Gasteiger partial charge in [-0.1, -0.05) is 0 Å². The zero-order valence-electron chi connectivity index (χ0n) is 26.6. The molecule has 0 atom stereocenters. The van der Waals surface area contributed by atoms with Gasteiger partial charge in [-0.2, -0.15) is 10.4 Å². The number of carbonyl (C=O) groups is 2. The zero-order chi connectivity index (χ0) is 31.9. The van der Waals surface area contributed by atoms with Gasteiger partial charge in [-0.3, -0.25) is 14.4 Å². The standard InChI is InChI=1S/C34H43N7O4/c1-22(2)41-21-27(19-38-41)26-15-16-37-32(17-26)40(33(42)25-9-11-28(12-10-25)45-34(43)36-3)20-23-5-7-24(8-6-23)29-13-14-31(44-4)30(18-35)39-29/h13-17,19,21-25,28H,5-12,20H2,1-4H3,(H,36,43)/t23-,24-,25-,28-. The molecule has 11 heteroatoms. The molecule has 45 heavy (non-hydrogen) atoms. The number of hydrogen-bond donors (Lipinski definition) is 1. The number of anilines is 1. The molecule has 0 spiro atoms. The Morgan fingerprint density at radius 3 is 2.49 bits per heavy atom. The molecule has 0 saturated heterocycles. The number of alkyl carbamates (subject to hydrolysis) is 1. The van der Waals surface area contributed by atoms with Crippen LogP contribution in [0.3, 0.4) is 0 Å². The number of pyridine rings is 2. The van der Waals surface area contributed by atoms with Crippen molar-refractivity contribution in [2.24, 2.45) is 11.8 Å². The molecule has 0 aliphatic heterocycles. The van der Waals surface area contributed by atoms with Crippen LogP contribution in [0.25, 0.3) is 11.1 Å². The second-order valence-corrected chi connectivity index (χ2v) is 12.4. The lowest BCUT2D eigenvalue weighted by atomic mass is 9.79. The van der Waals surface area contributed by atoms with E-state index in [1.54, 1.807) is 20.4 Å². The quantitative estimate of drug-likeness (QED) is 0.309. The normalized spacial score (nSPS) is 21.5. The number of hydrogen-bond acceptors (Lipinski definition) is 8. The predicted octanol–water partition coefficient (Wildman–Crippen LogP) is 6.02. The Morgan fingerprint density at radius 1 is 1.09 bits per heavy atom. The van der Waals surface area contributed by atoms with Crippen molar-refractivity contribution in [3.63, 3.8) is 0 Å². The summed E-state index contributed by atoms with van der Waals surface area (Å²) >= 11 is 0. The molecule has 2 amide bonds. The summed E-state index contributed by atoms with van der Waals surface area (Å²) < 4.78 is 12.7. The van der Waals surface area contributed by atoms with Crippen LogP contribution in [0, 0.1) is 23.2 Å². The molecule has 2 aliphatic carbocycles. The molecule has 3 aromatic heterocycles. The number of nitriles is 1. The lowest BCUT2D eigenvalue weighted by Crippen LogP contribution is -2.42. The third-order valence-corrected chi connectivity index (χ3v) is 9.16. The van der Waals surface area contributed by atoms with Gasteiger partial charge in [0.2, 0.25) is 5.91 Å². The molecule has 0 aromatic carbocycles. The third-order valence-electron chi connectivity index (χ3n) is 9.16. The van der Waals surface area contributed by atoms with Gasteiger partial charge in [0.15, 0.2) is 11.4 Å². The maximum atomic E-state index is 14.2. The topological polar surface area (TPSA) is 135 Å². The number of nitrogens with zero attached hydrogens (tertiary/aromatic N) is 6.